The molecule has 0 saturated carbocycles. The number of nitrogens with one attached hydrogen (secondary N) is 3. The summed E-state index contributed by atoms with van der Waals surface area (Å²) in [5.74, 6) is -0.485. The van der Waals surface area contributed by atoms with Gasteiger partial charge in [-0.3, -0.25) is 4.57 Å². The van der Waals surface area contributed by atoms with Crippen LogP contribution >= 0.6 is 0 Å². The van der Waals surface area contributed by atoms with Gasteiger partial charge in [-0.2, -0.15) is 0 Å². The number of likely N-dealkylation sites (tertiary alicyclic amines) is 1. The molecule has 0 radical (unpaired) electrons. The maximum atomic E-state index is 12.9. The van der Waals surface area contributed by atoms with Gasteiger partial charge in [0, 0.05) is 50.1 Å². The molecule has 12 heteroatoms. The second-order valence-corrected chi connectivity index (χ2v) is 14.5. The molecule has 0 unspecified atom stereocenters. The van der Waals surface area contributed by atoms with Crippen molar-refractivity contribution in [1.82, 2.24) is 25.1 Å². The van der Waals surface area contributed by atoms with Gasteiger partial charge in [-0.1, -0.05) is 97.9 Å². The Kier molecular flexibility index (Phi) is 12.1. The molecule has 288 valence electrons. The first-order valence-electron chi connectivity index (χ1n) is 19.0. The number of amides is 2. The van der Waals surface area contributed by atoms with Crippen molar-refractivity contribution in [2.45, 2.75) is 69.9 Å². The van der Waals surface area contributed by atoms with Gasteiger partial charge in [0.05, 0.1) is 37.0 Å². The Morgan fingerprint density at radius 3 is 2.25 bits per heavy atom. The molecule has 2 aliphatic heterocycles. The number of aliphatic hydroxyl groups excluding tert-OH is 1. The van der Waals surface area contributed by atoms with Gasteiger partial charge >= 0.3 is 17.7 Å². The first-order chi connectivity index (χ1) is 26.8. The molecule has 0 bridgehead atoms. The molecule has 0 aliphatic carbocycles. The number of methoxy groups -OCH3 is 1. The van der Waals surface area contributed by atoms with Crippen molar-refractivity contribution >= 4 is 23.0 Å². The minimum absolute atomic E-state index is 0.0290. The van der Waals surface area contributed by atoms with Crippen molar-refractivity contribution in [1.29, 1.82) is 0 Å². The molecular weight excluding hydrogens is 699 g/mol. The summed E-state index contributed by atoms with van der Waals surface area (Å²) in [6, 6.07) is 31.8. The Morgan fingerprint density at radius 2 is 1.55 bits per heavy atom. The molecule has 2 fully saturated rings. The molecule has 4 N–H and O–H groups in total. The lowest BCUT2D eigenvalue weighted by Gasteiger charge is -2.44. The summed E-state index contributed by atoms with van der Waals surface area (Å²) in [7, 11) is 1.30. The minimum atomic E-state index is -0.825. The molecule has 5 aromatic rings. The third-order valence-corrected chi connectivity index (χ3v) is 10.9. The first-order valence-corrected chi connectivity index (χ1v) is 19.0. The number of ether oxygens (including phenoxy) is 3. The van der Waals surface area contributed by atoms with Crippen LogP contribution in [0.3, 0.4) is 0 Å². The van der Waals surface area contributed by atoms with Crippen molar-refractivity contribution in [3.05, 3.63) is 141 Å². The number of imidazole rings is 1. The number of benzene rings is 4. The third-order valence-electron chi connectivity index (χ3n) is 10.9. The topological polar surface area (TPSA) is 147 Å². The maximum absolute atomic E-state index is 12.9. The van der Waals surface area contributed by atoms with Crippen LogP contribution in [0.5, 0.6) is 0 Å². The highest BCUT2D eigenvalue weighted by Gasteiger charge is 2.39. The number of urea groups is 1. The zero-order valence-corrected chi connectivity index (χ0v) is 31.2. The van der Waals surface area contributed by atoms with Gasteiger partial charge in [-0.25, -0.2) is 14.4 Å². The lowest BCUT2D eigenvalue weighted by atomic mass is 9.89. The summed E-state index contributed by atoms with van der Waals surface area (Å²) in [5, 5.41) is 15.2. The first kappa shape index (κ1) is 38.0. The Labute approximate surface area is 320 Å². The predicted molar refractivity (Wildman–Crippen MR) is 208 cm³/mol. The largest absolute Gasteiger partial charge is 0.467 e. The van der Waals surface area contributed by atoms with E-state index in [0.29, 0.717) is 6.42 Å². The number of para-hydroxylation sites is 2. The molecule has 0 spiro atoms. The number of carbonyl (C=O) groups excluding carboxylic acids is 2. The molecule has 1 aromatic heterocycles. The van der Waals surface area contributed by atoms with Crippen LogP contribution in [0.4, 0.5) is 4.79 Å². The number of hydrogen-bond acceptors (Lipinski definition) is 8. The van der Waals surface area contributed by atoms with E-state index in [1.807, 2.05) is 108 Å². The van der Waals surface area contributed by atoms with E-state index in [2.05, 4.69) is 27.4 Å². The summed E-state index contributed by atoms with van der Waals surface area (Å²) in [6.07, 6.45) is 1.01. The van der Waals surface area contributed by atoms with Crippen LogP contribution in [0.15, 0.2) is 108 Å². The molecule has 55 heavy (non-hydrogen) atoms. The van der Waals surface area contributed by atoms with Gasteiger partial charge in [0.1, 0.15) is 6.04 Å². The Hall–Kier alpha value is -5.27. The second kappa shape index (κ2) is 17.5. The lowest BCUT2D eigenvalue weighted by molar-refractivity contribution is -0.276. The Bertz CT molecular complexity index is 2090. The molecular formula is C43H49N5O7. The molecule has 5 atom stereocenters. The van der Waals surface area contributed by atoms with Gasteiger partial charge in [0.2, 0.25) is 0 Å². The number of aromatic nitrogens is 2. The standard InChI is InChI=1S/C43H49N5O7/c1-28-38(26-47-22-20-34(21-23-47)48-37-11-7-6-10-35(37)46-43(48)52)54-41(55-39(28)32-16-14-31(27-49)15-17-32)33-18-12-30(13-19-33)25-44-42(51)45-36(40(50)53-2)24-29-8-4-3-5-9-29/h3-19,28,34,36,38-39,41,49H,20-27H2,1-2H3,(H,46,52)(H2,44,45,51)/t28-,36-,38+,39+,41+/m0/s1. The predicted octanol–water partition coefficient (Wildman–Crippen LogP) is 5.53. The highest BCUT2D eigenvalue weighted by molar-refractivity contribution is 5.83. The number of nitrogens with zero attached hydrogens (tertiary/aromatic N) is 2. The number of hydrogen-bond donors (Lipinski definition) is 4. The van der Waals surface area contributed by atoms with Crippen molar-refractivity contribution in [2.24, 2.45) is 5.92 Å². The molecule has 4 aromatic carbocycles. The lowest BCUT2D eigenvalue weighted by Crippen LogP contribution is -2.47. The number of H-pyrrole nitrogens is 1. The quantitative estimate of drug-likeness (QED) is 0.122. The van der Waals surface area contributed by atoms with Crippen molar-refractivity contribution in [2.75, 3.05) is 26.7 Å². The fourth-order valence-corrected chi connectivity index (χ4v) is 7.75. The van der Waals surface area contributed by atoms with Crippen LogP contribution in [0.25, 0.3) is 11.0 Å². The molecule has 12 nitrogen and oxygen atoms in total. The van der Waals surface area contributed by atoms with Crippen LogP contribution in [0, 0.1) is 5.92 Å². The van der Waals surface area contributed by atoms with E-state index in [1.54, 1.807) is 0 Å². The van der Waals surface area contributed by atoms with E-state index < -0.39 is 24.3 Å². The zero-order chi connectivity index (χ0) is 38.3. The van der Waals surface area contributed by atoms with E-state index in [9.17, 15) is 19.5 Å². The Morgan fingerprint density at radius 1 is 0.873 bits per heavy atom. The fraction of sp³-hybridized carbons (Fsp3) is 0.372. The van der Waals surface area contributed by atoms with Gasteiger partial charge < -0.3 is 39.8 Å². The van der Waals surface area contributed by atoms with Crippen LogP contribution in [-0.2, 0) is 38.6 Å². The second-order valence-electron chi connectivity index (χ2n) is 14.5. The van der Waals surface area contributed by atoms with E-state index in [1.165, 1.54) is 7.11 Å². The summed E-state index contributed by atoms with van der Waals surface area (Å²) < 4.78 is 20.3. The third kappa shape index (κ3) is 9.00. The van der Waals surface area contributed by atoms with E-state index >= 15 is 0 Å². The van der Waals surface area contributed by atoms with Crippen LogP contribution in [0.2, 0.25) is 0 Å². The van der Waals surface area contributed by atoms with E-state index in [4.69, 9.17) is 14.2 Å². The highest BCUT2D eigenvalue weighted by Crippen LogP contribution is 2.42. The number of rotatable bonds is 12. The average Bonchev–Trinajstić information content (AvgIpc) is 3.56. The molecule has 2 amide bonds. The average molecular weight is 748 g/mol. The zero-order valence-electron chi connectivity index (χ0n) is 31.2. The minimum Gasteiger partial charge on any atom is -0.467 e. The molecule has 7 rings (SSSR count). The van der Waals surface area contributed by atoms with Gasteiger partial charge in [0.15, 0.2) is 6.29 Å². The fourth-order valence-electron chi connectivity index (χ4n) is 7.75. The normalized spacial score (nSPS) is 21.2. The van der Waals surface area contributed by atoms with Crippen molar-refractivity contribution in [3.8, 4) is 0 Å². The summed E-state index contributed by atoms with van der Waals surface area (Å²) >= 11 is 0. The van der Waals surface area contributed by atoms with Gasteiger partial charge in [-0.15, -0.1) is 0 Å². The maximum Gasteiger partial charge on any atom is 0.328 e. The number of fused-ring (bicyclic) bond motifs is 1. The van der Waals surface area contributed by atoms with Gasteiger partial charge in [-0.05, 0) is 47.2 Å². The van der Waals surface area contributed by atoms with E-state index in [-0.39, 0.29) is 43.0 Å². The van der Waals surface area contributed by atoms with Crippen LogP contribution in [0.1, 0.15) is 66.0 Å². The summed E-state index contributed by atoms with van der Waals surface area (Å²) in [4.78, 5) is 43.6. The van der Waals surface area contributed by atoms with Crippen molar-refractivity contribution < 1.29 is 28.9 Å². The van der Waals surface area contributed by atoms with Crippen LogP contribution < -0.4 is 16.3 Å². The monoisotopic (exact) mass is 747 g/mol. The highest BCUT2D eigenvalue weighted by atomic mass is 16.7. The SMILES string of the molecule is COC(=O)[C@H](Cc1ccccc1)NC(=O)NCc1ccc([C@@H]2O[C@H](CN3CCC(n4c(=O)[nH]c5ccccc54)CC3)[C@H](C)[C@H](c3ccc(CO)cc3)O2)cc1. The van der Waals surface area contributed by atoms with Crippen LogP contribution in [-0.4, -0.2) is 70.4 Å². The summed E-state index contributed by atoms with van der Waals surface area (Å²) in [5.41, 5.74) is 6.23. The smallest absolute Gasteiger partial charge is 0.328 e. The van der Waals surface area contributed by atoms with Gasteiger partial charge in [0.25, 0.3) is 0 Å². The number of aromatic amines is 1. The molecule has 2 aliphatic rings. The van der Waals surface area contributed by atoms with E-state index in [0.717, 1.165) is 71.3 Å². The number of aliphatic hydroxyl groups is 1. The molecule has 2 saturated heterocycles. The Balaban J connectivity index is 1.00. The number of esters is 1. The number of piperidine rings is 1. The molecule has 3 heterocycles. The van der Waals surface area contributed by atoms with Crippen molar-refractivity contribution in [3.63, 3.8) is 0 Å². The summed E-state index contributed by atoms with van der Waals surface area (Å²) in [6.45, 7) is 4.78. The number of carbonyl (C=O) groups is 2.